The summed E-state index contributed by atoms with van der Waals surface area (Å²) in [5.41, 5.74) is 6.58. The highest BCUT2D eigenvalue weighted by molar-refractivity contribution is 6.31. The van der Waals surface area contributed by atoms with Gasteiger partial charge in [0.2, 0.25) is 0 Å². The summed E-state index contributed by atoms with van der Waals surface area (Å²) in [5.74, 6) is 0.458. The normalized spacial score (nSPS) is 10.0. The van der Waals surface area contributed by atoms with Crippen LogP contribution in [-0.2, 0) is 6.54 Å². The van der Waals surface area contributed by atoms with Crippen LogP contribution in [0.1, 0.15) is 11.3 Å². The number of hydrogen-bond donors (Lipinski definition) is 1. The summed E-state index contributed by atoms with van der Waals surface area (Å²) in [4.78, 5) is 4.11. The Labute approximate surface area is 97.1 Å². The Morgan fingerprint density at radius 3 is 2.94 bits per heavy atom. The lowest BCUT2D eigenvalue weighted by molar-refractivity contribution is 0.676. The number of nitrogen functional groups attached to an aromatic ring is 1. The molecule has 0 bridgehead atoms. The molecule has 0 aliphatic heterocycles. The third kappa shape index (κ3) is 2.12. The van der Waals surface area contributed by atoms with Gasteiger partial charge < -0.3 is 5.73 Å². The van der Waals surface area contributed by atoms with Crippen LogP contribution in [0.5, 0.6) is 0 Å². The van der Waals surface area contributed by atoms with Gasteiger partial charge in [0.1, 0.15) is 11.9 Å². The van der Waals surface area contributed by atoms with Crippen LogP contribution in [0.4, 0.5) is 5.82 Å². The number of nitrogens with two attached hydrogens (primary N) is 1. The molecule has 6 heteroatoms. The van der Waals surface area contributed by atoms with Gasteiger partial charge in [-0.15, -0.1) is 0 Å². The monoisotopic (exact) mass is 233 g/mol. The molecule has 2 heterocycles. The van der Waals surface area contributed by atoms with Gasteiger partial charge >= 0.3 is 0 Å². The van der Waals surface area contributed by atoms with E-state index >= 15 is 0 Å². The van der Waals surface area contributed by atoms with Crippen LogP contribution in [0, 0.1) is 11.3 Å². The van der Waals surface area contributed by atoms with Gasteiger partial charge in [-0.25, -0.2) is 0 Å². The first-order valence-corrected chi connectivity index (χ1v) is 4.90. The zero-order valence-corrected chi connectivity index (χ0v) is 9.02. The molecule has 0 saturated carbocycles. The minimum Gasteiger partial charge on any atom is -0.382 e. The highest BCUT2D eigenvalue weighted by Crippen LogP contribution is 2.15. The molecule has 0 saturated heterocycles. The van der Waals surface area contributed by atoms with E-state index < -0.39 is 0 Å². The summed E-state index contributed by atoms with van der Waals surface area (Å²) in [5, 5.41) is 13.1. The second kappa shape index (κ2) is 4.21. The molecule has 2 aromatic heterocycles. The topological polar surface area (TPSA) is 80.5 Å². The van der Waals surface area contributed by atoms with Crippen molar-refractivity contribution < 1.29 is 0 Å². The number of nitriles is 1. The molecule has 5 nitrogen and oxygen atoms in total. The van der Waals surface area contributed by atoms with Gasteiger partial charge in [-0.3, -0.25) is 9.67 Å². The predicted octanol–water partition coefficient (Wildman–Crippen LogP) is 1.43. The Kier molecular flexibility index (Phi) is 2.75. The molecular weight excluding hydrogens is 226 g/mol. The highest BCUT2D eigenvalue weighted by atomic mass is 35.5. The van der Waals surface area contributed by atoms with Gasteiger partial charge in [0.25, 0.3) is 0 Å². The lowest BCUT2D eigenvalue weighted by Gasteiger charge is -2.02. The minimum absolute atomic E-state index is 0.366. The van der Waals surface area contributed by atoms with E-state index in [1.165, 1.54) is 6.20 Å². The van der Waals surface area contributed by atoms with Crippen molar-refractivity contribution in [2.75, 3.05) is 5.73 Å². The quantitative estimate of drug-likeness (QED) is 0.851. The van der Waals surface area contributed by atoms with Crippen LogP contribution < -0.4 is 5.73 Å². The zero-order valence-electron chi connectivity index (χ0n) is 8.26. The van der Waals surface area contributed by atoms with E-state index in [1.807, 2.05) is 6.07 Å². The van der Waals surface area contributed by atoms with Gasteiger partial charge in [0.05, 0.1) is 22.8 Å². The minimum atomic E-state index is 0.366. The molecule has 0 fully saturated rings. The van der Waals surface area contributed by atoms with Crippen LogP contribution in [0.25, 0.3) is 0 Å². The van der Waals surface area contributed by atoms with Crippen molar-refractivity contribution in [1.82, 2.24) is 14.8 Å². The first kappa shape index (κ1) is 10.5. The van der Waals surface area contributed by atoms with Gasteiger partial charge in [0, 0.05) is 12.4 Å². The second-order valence-electron chi connectivity index (χ2n) is 3.21. The van der Waals surface area contributed by atoms with Crippen molar-refractivity contribution in [3.05, 3.63) is 40.8 Å². The van der Waals surface area contributed by atoms with Crippen LogP contribution in [0.15, 0.2) is 24.5 Å². The van der Waals surface area contributed by atoms with Crippen molar-refractivity contribution >= 4 is 17.4 Å². The first-order valence-electron chi connectivity index (χ1n) is 4.52. The molecule has 0 aliphatic rings. The number of rotatable bonds is 2. The van der Waals surface area contributed by atoms with Crippen LogP contribution in [-0.4, -0.2) is 14.8 Å². The molecule has 0 radical (unpaired) electrons. The molecule has 0 atom stereocenters. The maximum Gasteiger partial charge on any atom is 0.145 e. The zero-order chi connectivity index (χ0) is 11.5. The molecule has 80 valence electrons. The predicted molar refractivity (Wildman–Crippen MR) is 59.7 cm³/mol. The Morgan fingerprint density at radius 1 is 1.56 bits per heavy atom. The third-order valence-corrected chi connectivity index (χ3v) is 2.33. The first-order chi connectivity index (χ1) is 7.69. The van der Waals surface area contributed by atoms with E-state index in [0.29, 0.717) is 22.9 Å². The van der Waals surface area contributed by atoms with Crippen molar-refractivity contribution in [2.45, 2.75) is 6.54 Å². The molecule has 2 aromatic rings. The molecule has 0 amide bonds. The summed E-state index contributed by atoms with van der Waals surface area (Å²) >= 11 is 5.88. The number of pyridine rings is 1. The van der Waals surface area contributed by atoms with Crippen molar-refractivity contribution in [3.8, 4) is 6.07 Å². The number of halogens is 1. The van der Waals surface area contributed by atoms with E-state index in [4.69, 9.17) is 22.6 Å². The van der Waals surface area contributed by atoms with Gasteiger partial charge in [-0.2, -0.15) is 10.4 Å². The number of nitrogens with zero attached hydrogens (tertiary/aromatic N) is 4. The average Bonchev–Trinajstić information content (AvgIpc) is 2.64. The fourth-order valence-electron chi connectivity index (χ4n) is 1.27. The Hall–Kier alpha value is -2.06. The molecule has 0 unspecified atom stereocenters. The van der Waals surface area contributed by atoms with Crippen LogP contribution >= 0.6 is 11.6 Å². The molecule has 0 spiro atoms. The molecule has 0 aliphatic carbocycles. The molecule has 0 aromatic carbocycles. The molecule has 2 rings (SSSR count). The summed E-state index contributed by atoms with van der Waals surface area (Å²) < 4.78 is 1.65. The van der Waals surface area contributed by atoms with Crippen LogP contribution in [0.3, 0.4) is 0 Å². The van der Waals surface area contributed by atoms with Gasteiger partial charge in [0.15, 0.2) is 0 Å². The second-order valence-corrected chi connectivity index (χ2v) is 3.61. The average molecular weight is 234 g/mol. The Balaban J connectivity index is 2.23. The summed E-state index contributed by atoms with van der Waals surface area (Å²) in [6.45, 7) is 0.475. The smallest absolute Gasteiger partial charge is 0.145 e. The summed E-state index contributed by atoms with van der Waals surface area (Å²) in [6.07, 6.45) is 3.20. The number of hydrogen-bond acceptors (Lipinski definition) is 4. The van der Waals surface area contributed by atoms with E-state index in [0.717, 1.165) is 5.69 Å². The number of aromatic nitrogens is 3. The Bertz CT molecular complexity index is 555. The third-order valence-electron chi connectivity index (χ3n) is 2.02. The lowest BCUT2D eigenvalue weighted by atomic mass is 10.2. The maximum absolute atomic E-state index is 8.69. The van der Waals surface area contributed by atoms with E-state index in [2.05, 4.69) is 10.1 Å². The fraction of sp³-hybridized carbons (Fsp3) is 0.100. The van der Waals surface area contributed by atoms with Crippen molar-refractivity contribution in [2.24, 2.45) is 0 Å². The van der Waals surface area contributed by atoms with E-state index in [9.17, 15) is 0 Å². The summed E-state index contributed by atoms with van der Waals surface area (Å²) in [7, 11) is 0. The number of anilines is 1. The highest BCUT2D eigenvalue weighted by Gasteiger charge is 2.03. The molecule has 2 N–H and O–H groups in total. The largest absolute Gasteiger partial charge is 0.382 e. The Morgan fingerprint density at radius 2 is 2.38 bits per heavy atom. The van der Waals surface area contributed by atoms with Crippen molar-refractivity contribution in [1.29, 1.82) is 5.26 Å². The van der Waals surface area contributed by atoms with E-state index in [-0.39, 0.29) is 0 Å². The van der Waals surface area contributed by atoms with E-state index in [1.54, 1.807) is 23.0 Å². The molecular formula is C10H8ClN5. The SMILES string of the molecule is N#Cc1cnc(Cn2ccc(N)n2)cc1Cl. The lowest BCUT2D eigenvalue weighted by Crippen LogP contribution is -2.03. The fourth-order valence-corrected chi connectivity index (χ4v) is 1.49. The maximum atomic E-state index is 8.69. The van der Waals surface area contributed by atoms with Crippen LogP contribution in [0.2, 0.25) is 5.02 Å². The standard InChI is InChI=1S/C10H8ClN5/c11-9-3-8(14-5-7(9)4-12)6-16-2-1-10(13)15-16/h1-3,5H,6H2,(H2,13,15). The summed E-state index contributed by atoms with van der Waals surface area (Å²) in [6, 6.07) is 5.30. The van der Waals surface area contributed by atoms with Gasteiger partial charge in [-0.1, -0.05) is 11.6 Å². The molecule has 16 heavy (non-hydrogen) atoms. The van der Waals surface area contributed by atoms with Crippen molar-refractivity contribution in [3.63, 3.8) is 0 Å². The van der Waals surface area contributed by atoms with Gasteiger partial charge in [-0.05, 0) is 12.1 Å².